The molecule has 0 saturated heterocycles. The molecule has 0 unspecified atom stereocenters. The third-order valence-corrected chi connectivity index (χ3v) is 4.17. The second-order valence-electron chi connectivity index (χ2n) is 4.77. The summed E-state index contributed by atoms with van der Waals surface area (Å²) < 4.78 is 3.96. The zero-order valence-electron chi connectivity index (χ0n) is 11.1. The van der Waals surface area contributed by atoms with E-state index in [1.165, 1.54) is 5.56 Å². The SMILES string of the molecule is Nc1cn(Cc2ccc(Br)cc2)nc1-c1cccc(Br)c1. The largest absolute Gasteiger partial charge is 0.396 e. The molecule has 3 nitrogen and oxygen atoms in total. The van der Waals surface area contributed by atoms with Crippen molar-refractivity contribution in [3.8, 4) is 11.3 Å². The highest BCUT2D eigenvalue weighted by atomic mass is 79.9. The van der Waals surface area contributed by atoms with Gasteiger partial charge in [-0.25, -0.2) is 0 Å². The number of nitrogen functional groups attached to an aromatic ring is 1. The van der Waals surface area contributed by atoms with E-state index in [4.69, 9.17) is 5.73 Å². The lowest BCUT2D eigenvalue weighted by molar-refractivity contribution is 0.689. The van der Waals surface area contributed by atoms with Gasteiger partial charge in [0.2, 0.25) is 0 Å². The van der Waals surface area contributed by atoms with E-state index >= 15 is 0 Å². The van der Waals surface area contributed by atoms with E-state index in [1.54, 1.807) is 0 Å². The van der Waals surface area contributed by atoms with Crippen LogP contribution in [0.2, 0.25) is 0 Å². The minimum absolute atomic E-state index is 0.685. The van der Waals surface area contributed by atoms with Crippen LogP contribution >= 0.6 is 31.9 Å². The second kappa shape index (κ2) is 6.03. The molecule has 2 N–H and O–H groups in total. The second-order valence-corrected chi connectivity index (χ2v) is 6.60. The minimum atomic E-state index is 0.685. The Morgan fingerprint density at radius 1 is 1.00 bits per heavy atom. The molecule has 0 fully saturated rings. The fourth-order valence-corrected chi connectivity index (χ4v) is 2.82. The van der Waals surface area contributed by atoms with Crippen LogP contribution in [0.4, 0.5) is 5.69 Å². The third-order valence-electron chi connectivity index (χ3n) is 3.15. The molecule has 0 bridgehead atoms. The average molecular weight is 407 g/mol. The Balaban J connectivity index is 1.89. The van der Waals surface area contributed by atoms with Gasteiger partial charge in [-0.15, -0.1) is 0 Å². The molecular formula is C16H13Br2N3. The van der Waals surface area contributed by atoms with Crippen molar-refractivity contribution in [2.75, 3.05) is 5.73 Å². The number of nitrogens with zero attached hydrogens (tertiary/aromatic N) is 2. The van der Waals surface area contributed by atoms with E-state index < -0.39 is 0 Å². The zero-order chi connectivity index (χ0) is 14.8. The molecule has 0 aliphatic rings. The molecule has 1 aromatic heterocycles. The lowest BCUT2D eigenvalue weighted by Crippen LogP contribution is -2.00. The summed E-state index contributed by atoms with van der Waals surface area (Å²) in [6.07, 6.45) is 1.87. The first-order valence-corrected chi connectivity index (χ1v) is 8.04. The summed E-state index contributed by atoms with van der Waals surface area (Å²) in [4.78, 5) is 0. The number of hydrogen-bond donors (Lipinski definition) is 1. The van der Waals surface area contributed by atoms with Gasteiger partial charge in [0.25, 0.3) is 0 Å². The highest BCUT2D eigenvalue weighted by Gasteiger charge is 2.09. The standard InChI is InChI=1S/C16H13Br2N3/c17-13-6-4-11(5-7-13)9-21-10-15(19)16(20-21)12-2-1-3-14(18)8-12/h1-8,10H,9,19H2. The summed E-state index contributed by atoms with van der Waals surface area (Å²) in [6.45, 7) is 0.700. The van der Waals surface area contributed by atoms with Crippen molar-refractivity contribution in [1.29, 1.82) is 0 Å². The van der Waals surface area contributed by atoms with E-state index in [9.17, 15) is 0 Å². The van der Waals surface area contributed by atoms with Gasteiger partial charge in [-0.1, -0.05) is 56.1 Å². The lowest BCUT2D eigenvalue weighted by Gasteiger charge is -2.02. The van der Waals surface area contributed by atoms with Crippen LogP contribution in [0.25, 0.3) is 11.3 Å². The summed E-state index contributed by atoms with van der Waals surface area (Å²) in [5.41, 5.74) is 9.79. The summed E-state index contributed by atoms with van der Waals surface area (Å²) in [5.74, 6) is 0. The molecule has 0 radical (unpaired) electrons. The van der Waals surface area contributed by atoms with Crippen molar-refractivity contribution in [3.05, 3.63) is 69.2 Å². The number of hydrogen-bond acceptors (Lipinski definition) is 2. The molecule has 5 heteroatoms. The van der Waals surface area contributed by atoms with Crippen molar-refractivity contribution in [3.63, 3.8) is 0 Å². The Morgan fingerprint density at radius 2 is 1.76 bits per heavy atom. The smallest absolute Gasteiger partial charge is 0.115 e. The van der Waals surface area contributed by atoms with E-state index in [0.29, 0.717) is 12.2 Å². The molecule has 0 aliphatic carbocycles. The molecule has 3 aromatic rings. The van der Waals surface area contributed by atoms with E-state index in [-0.39, 0.29) is 0 Å². The monoisotopic (exact) mass is 405 g/mol. The maximum absolute atomic E-state index is 6.10. The molecule has 106 valence electrons. The van der Waals surface area contributed by atoms with Crippen molar-refractivity contribution in [2.45, 2.75) is 6.54 Å². The number of halogens is 2. The Hall–Kier alpha value is -1.59. The average Bonchev–Trinajstić information content (AvgIpc) is 2.82. The van der Waals surface area contributed by atoms with Gasteiger partial charge in [-0.05, 0) is 29.8 Å². The molecule has 0 saturated carbocycles. The Labute approximate surface area is 140 Å². The first kappa shape index (κ1) is 14.4. The van der Waals surface area contributed by atoms with E-state index in [2.05, 4.69) is 49.1 Å². The van der Waals surface area contributed by atoms with Crippen LogP contribution in [0, 0.1) is 0 Å². The minimum Gasteiger partial charge on any atom is -0.396 e. The summed E-state index contributed by atoms with van der Waals surface area (Å²) in [7, 11) is 0. The highest BCUT2D eigenvalue weighted by molar-refractivity contribution is 9.10. The van der Waals surface area contributed by atoms with Crippen LogP contribution in [0.3, 0.4) is 0 Å². The Kier molecular flexibility index (Phi) is 4.12. The topological polar surface area (TPSA) is 43.8 Å². The molecule has 21 heavy (non-hydrogen) atoms. The number of rotatable bonds is 3. The molecule has 0 atom stereocenters. The highest BCUT2D eigenvalue weighted by Crippen LogP contribution is 2.26. The number of aromatic nitrogens is 2. The predicted octanol–water partition coefficient (Wildman–Crippen LogP) is 4.71. The zero-order valence-corrected chi connectivity index (χ0v) is 14.3. The van der Waals surface area contributed by atoms with Crippen molar-refractivity contribution < 1.29 is 0 Å². The fraction of sp³-hybridized carbons (Fsp3) is 0.0625. The normalized spacial score (nSPS) is 10.8. The summed E-state index contributed by atoms with van der Waals surface area (Å²) >= 11 is 6.91. The van der Waals surface area contributed by atoms with Gasteiger partial charge in [-0.3, -0.25) is 4.68 Å². The number of benzene rings is 2. The lowest BCUT2D eigenvalue weighted by atomic mass is 10.1. The number of anilines is 1. The van der Waals surface area contributed by atoms with Gasteiger partial charge in [0.1, 0.15) is 5.69 Å². The fourth-order valence-electron chi connectivity index (χ4n) is 2.15. The molecular weight excluding hydrogens is 394 g/mol. The predicted molar refractivity (Wildman–Crippen MR) is 93.0 cm³/mol. The Morgan fingerprint density at radius 3 is 2.48 bits per heavy atom. The molecule has 0 amide bonds. The first-order chi connectivity index (χ1) is 10.1. The van der Waals surface area contributed by atoms with Gasteiger partial charge in [0.05, 0.1) is 12.2 Å². The van der Waals surface area contributed by atoms with Crippen LogP contribution in [0.1, 0.15) is 5.56 Å². The van der Waals surface area contributed by atoms with Gasteiger partial charge in [0, 0.05) is 20.7 Å². The number of nitrogens with two attached hydrogens (primary N) is 1. The summed E-state index contributed by atoms with van der Waals surface area (Å²) in [6, 6.07) is 16.2. The van der Waals surface area contributed by atoms with Gasteiger partial charge in [-0.2, -0.15) is 5.10 Å². The first-order valence-electron chi connectivity index (χ1n) is 6.45. The third kappa shape index (κ3) is 3.36. The van der Waals surface area contributed by atoms with Crippen LogP contribution in [-0.2, 0) is 6.54 Å². The van der Waals surface area contributed by atoms with Crippen LogP contribution < -0.4 is 5.73 Å². The van der Waals surface area contributed by atoms with Crippen molar-refractivity contribution in [1.82, 2.24) is 9.78 Å². The molecule has 0 spiro atoms. The van der Waals surface area contributed by atoms with E-state index in [0.717, 1.165) is 20.2 Å². The Bertz CT molecular complexity index is 763. The molecule has 3 rings (SSSR count). The maximum atomic E-state index is 6.10. The van der Waals surface area contributed by atoms with E-state index in [1.807, 2.05) is 47.3 Å². The molecule has 2 aromatic carbocycles. The van der Waals surface area contributed by atoms with Gasteiger partial charge < -0.3 is 5.73 Å². The van der Waals surface area contributed by atoms with Crippen LogP contribution in [0.5, 0.6) is 0 Å². The maximum Gasteiger partial charge on any atom is 0.115 e. The van der Waals surface area contributed by atoms with Crippen LogP contribution in [-0.4, -0.2) is 9.78 Å². The quantitative estimate of drug-likeness (QED) is 0.684. The van der Waals surface area contributed by atoms with Gasteiger partial charge >= 0.3 is 0 Å². The summed E-state index contributed by atoms with van der Waals surface area (Å²) in [5, 5.41) is 4.60. The van der Waals surface area contributed by atoms with Crippen molar-refractivity contribution in [2.24, 2.45) is 0 Å². The molecule has 1 heterocycles. The molecule has 0 aliphatic heterocycles. The van der Waals surface area contributed by atoms with Gasteiger partial charge in [0.15, 0.2) is 0 Å². The van der Waals surface area contributed by atoms with Crippen molar-refractivity contribution >= 4 is 37.5 Å². The van der Waals surface area contributed by atoms with Crippen LogP contribution in [0.15, 0.2) is 63.7 Å².